The second kappa shape index (κ2) is 5.05. The summed E-state index contributed by atoms with van der Waals surface area (Å²) in [4.78, 5) is 0. The standard InChI is InChI=1S/C12H8Cl2Se/c13-9-6-7-12(11(14)8-9)15-10-4-2-1-3-5-10/h1-8H. The molecule has 76 valence electrons. The zero-order valence-corrected chi connectivity index (χ0v) is 11.0. The van der Waals surface area contributed by atoms with Gasteiger partial charge in [0, 0.05) is 0 Å². The summed E-state index contributed by atoms with van der Waals surface area (Å²) in [6, 6.07) is 16.0. The van der Waals surface area contributed by atoms with Gasteiger partial charge in [0.1, 0.15) is 0 Å². The number of rotatable bonds is 2. The fourth-order valence-electron chi connectivity index (χ4n) is 1.17. The Balaban J connectivity index is 2.25. The number of hydrogen-bond donors (Lipinski definition) is 0. The van der Waals surface area contributed by atoms with Crippen LogP contribution in [0.2, 0.25) is 10.0 Å². The van der Waals surface area contributed by atoms with Gasteiger partial charge in [-0.2, -0.15) is 0 Å². The maximum absolute atomic E-state index is 6.11. The Morgan fingerprint density at radius 2 is 1.60 bits per heavy atom. The van der Waals surface area contributed by atoms with Crippen molar-refractivity contribution in [2.45, 2.75) is 0 Å². The summed E-state index contributed by atoms with van der Waals surface area (Å²) in [6.07, 6.45) is 0. The van der Waals surface area contributed by atoms with E-state index in [1.807, 2.05) is 30.3 Å². The van der Waals surface area contributed by atoms with E-state index in [1.165, 1.54) is 8.92 Å². The molecule has 0 saturated heterocycles. The van der Waals surface area contributed by atoms with Crippen LogP contribution in [0.3, 0.4) is 0 Å². The molecule has 0 amide bonds. The summed E-state index contributed by atoms with van der Waals surface area (Å²) in [6.45, 7) is 0. The molecule has 0 aromatic heterocycles. The molecule has 0 heterocycles. The second-order valence-electron chi connectivity index (χ2n) is 2.99. The molecule has 0 N–H and O–H groups in total. The van der Waals surface area contributed by atoms with Gasteiger partial charge in [0.25, 0.3) is 0 Å². The molecule has 0 aliphatic rings. The Labute approximate surface area is 105 Å². The molecule has 0 aliphatic heterocycles. The third kappa shape index (κ3) is 2.99. The van der Waals surface area contributed by atoms with Crippen LogP contribution >= 0.6 is 23.2 Å². The molecule has 0 spiro atoms. The van der Waals surface area contributed by atoms with Crippen molar-refractivity contribution in [2.24, 2.45) is 0 Å². The van der Waals surface area contributed by atoms with Crippen molar-refractivity contribution in [1.82, 2.24) is 0 Å². The summed E-state index contributed by atoms with van der Waals surface area (Å²) in [7, 11) is 0. The van der Waals surface area contributed by atoms with Crippen LogP contribution in [0.15, 0.2) is 48.5 Å². The van der Waals surface area contributed by atoms with E-state index in [-0.39, 0.29) is 15.0 Å². The van der Waals surface area contributed by atoms with Gasteiger partial charge in [0.05, 0.1) is 0 Å². The average molecular weight is 302 g/mol. The van der Waals surface area contributed by atoms with E-state index in [0.717, 1.165) is 5.02 Å². The molecule has 0 nitrogen and oxygen atoms in total. The molecule has 2 rings (SSSR count). The normalized spacial score (nSPS) is 10.3. The van der Waals surface area contributed by atoms with Crippen LogP contribution < -0.4 is 8.92 Å². The quantitative estimate of drug-likeness (QED) is 0.748. The van der Waals surface area contributed by atoms with Gasteiger partial charge in [0.15, 0.2) is 0 Å². The molecule has 0 bridgehead atoms. The number of halogens is 2. The van der Waals surface area contributed by atoms with Crippen LogP contribution in [0.1, 0.15) is 0 Å². The van der Waals surface area contributed by atoms with Crippen molar-refractivity contribution < 1.29 is 0 Å². The summed E-state index contributed by atoms with van der Waals surface area (Å²) >= 11 is 12.2. The van der Waals surface area contributed by atoms with Gasteiger partial charge in [0.2, 0.25) is 0 Å². The second-order valence-corrected chi connectivity index (χ2v) is 6.17. The molecule has 2 aromatic carbocycles. The van der Waals surface area contributed by atoms with E-state index < -0.39 is 0 Å². The zero-order chi connectivity index (χ0) is 10.7. The predicted molar refractivity (Wildman–Crippen MR) is 67.9 cm³/mol. The summed E-state index contributed by atoms with van der Waals surface area (Å²) in [5.41, 5.74) is 0. The van der Waals surface area contributed by atoms with E-state index in [0.29, 0.717) is 5.02 Å². The van der Waals surface area contributed by atoms with Crippen molar-refractivity contribution in [3.05, 3.63) is 58.6 Å². The van der Waals surface area contributed by atoms with Crippen LogP contribution in [-0.4, -0.2) is 15.0 Å². The predicted octanol–water partition coefficient (Wildman–Crippen LogP) is 2.65. The van der Waals surface area contributed by atoms with Crippen LogP contribution in [0, 0.1) is 0 Å². The topological polar surface area (TPSA) is 0 Å². The Bertz CT molecular complexity index is 454. The first-order valence-corrected chi connectivity index (χ1v) is 6.90. The van der Waals surface area contributed by atoms with Crippen molar-refractivity contribution in [3.8, 4) is 0 Å². The van der Waals surface area contributed by atoms with Crippen LogP contribution in [0.5, 0.6) is 0 Å². The van der Waals surface area contributed by atoms with Crippen molar-refractivity contribution in [2.75, 3.05) is 0 Å². The molecular formula is C12H8Cl2Se. The van der Waals surface area contributed by atoms with Gasteiger partial charge in [-0.3, -0.25) is 0 Å². The minimum atomic E-state index is 0.253. The van der Waals surface area contributed by atoms with E-state index in [4.69, 9.17) is 23.2 Å². The Kier molecular flexibility index (Phi) is 3.71. The summed E-state index contributed by atoms with van der Waals surface area (Å²) in [5, 5.41) is 1.44. The third-order valence-electron chi connectivity index (χ3n) is 1.86. The third-order valence-corrected chi connectivity index (χ3v) is 4.94. The minimum absolute atomic E-state index is 0.253. The van der Waals surface area contributed by atoms with Crippen molar-refractivity contribution in [3.63, 3.8) is 0 Å². The van der Waals surface area contributed by atoms with Gasteiger partial charge in [-0.15, -0.1) is 0 Å². The molecule has 0 fully saturated rings. The molecule has 15 heavy (non-hydrogen) atoms. The van der Waals surface area contributed by atoms with E-state index in [1.54, 1.807) is 6.07 Å². The van der Waals surface area contributed by atoms with E-state index in [9.17, 15) is 0 Å². The summed E-state index contributed by atoms with van der Waals surface area (Å²) in [5.74, 6) is 0. The van der Waals surface area contributed by atoms with Crippen LogP contribution in [0.4, 0.5) is 0 Å². The van der Waals surface area contributed by atoms with Gasteiger partial charge >= 0.3 is 106 Å². The molecule has 2 aromatic rings. The molecule has 3 heteroatoms. The Hall–Kier alpha value is -0.461. The zero-order valence-electron chi connectivity index (χ0n) is 7.78. The first-order chi connectivity index (χ1) is 7.25. The number of benzene rings is 2. The Morgan fingerprint density at radius 3 is 2.27 bits per heavy atom. The van der Waals surface area contributed by atoms with Crippen molar-refractivity contribution >= 4 is 47.1 Å². The maximum atomic E-state index is 6.11. The first-order valence-electron chi connectivity index (χ1n) is 4.43. The molecule has 0 aliphatic carbocycles. The molecule has 0 radical (unpaired) electrons. The van der Waals surface area contributed by atoms with E-state index >= 15 is 0 Å². The van der Waals surface area contributed by atoms with Crippen LogP contribution in [-0.2, 0) is 0 Å². The number of hydrogen-bond acceptors (Lipinski definition) is 0. The average Bonchev–Trinajstić information content (AvgIpc) is 2.24. The monoisotopic (exact) mass is 302 g/mol. The fraction of sp³-hybridized carbons (Fsp3) is 0. The van der Waals surface area contributed by atoms with Crippen molar-refractivity contribution in [1.29, 1.82) is 0 Å². The first kappa shape index (κ1) is 11.0. The van der Waals surface area contributed by atoms with Gasteiger partial charge in [-0.05, 0) is 0 Å². The molecule has 0 atom stereocenters. The summed E-state index contributed by atoms with van der Waals surface area (Å²) < 4.78 is 2.48. The Morgan fingerprint density at radius 1 is 0.867 bits per heavy atom. The molecule has 0 unspecified atom stereocenters. The molecular weight excluding hydrogens is 294 g/mol. The van der Waals surface area contributed by atoms with Gasteiger partial charge in [-0.25, -0.2) is 0 Å². The van der Waals surface area contributed by atoms with Crippen LogP contribution in [0.25, 0.3) is 0 Å². The fourth-order valence-corrected chi connectivity index (χ4v) is 3.54. The van der Waals surface area contributed by atoms with Gasteiger partial charge < -0.3 is 0 Å². The van der Waals surface area contributed by atoms with E-state index in [2.05, 4.69) is 12.1 Å². The van der Waals surface area contributed by atoms with Gasteiger partial charge in [-0.1, -0.05) is 0 Å². The SMILES string of the molecule is Clc1ccc([Se]c2ccccc2)c(Cl)c1. The molecule has 0 saturated carbocycles.